The predicted molar refractivity (Wildman–Crippen MR) is 121 cm³/mol. The molecule has 2 aromatic carbocycles. The molecule has 164 valence electrons. The number of carbonyl (C=O) groups excluding carboxylic acids is 1. The topological polar surface area (TPSA) is 75.7 Å². The smallest absolute Gasteiger partial charge is 0.244 e. The molecule has 0 aromatic heterocycles. The maximum Gasteiger partial charge on any atom is 0.244 e. The number of hydrogen-bond acceptors (Lipinski definition) is 4. The van der Waals surface area contributed by atoms with Crippen LogP contribution in [0.3, 0.4) is 0 Å². The van der Waals surface area contributed by atoms with E-state index in [4.69, 9.17) is 4.74 Å². The fraction of sp³-hybridized carbons (Fsp3) is 0.435. The number of methoxy groups -OCH3 is 1. The Bertz CT molecular complexity index is 971. The van der Waals surface area contributed by atoms with Crippen molar-refractivity contribution in [3.63, 3.8) is 0 Å². The summed E-state index contributed by atoms with van der Waals surface area (Å²) < 4.78 is 31.7. The van der Waals surface area contributed by atoms with E-state index in [9.17, 15) is 13.2 Å². The Hall–Kier alpha value is -2.54. The first-order valence-corrected chi connectivity index (χ1v) is 12.0. The molecule has 0 saturated carbocycles. The zero-order chi connectivity index (χ0) is 22.5. The highest BCUT2D eigenvalue weighted by Gasteiger charge is 2.32. The summed E-state index contributed by atoms with van der Waals surface area (Å²) >= 11 is 0. The van der Waals surface area contributed by atoms with Crippen molar-refractivity contribution in [3.05, 3.63) is 59.2 Å². The van der Waals surface area contributed by atoms with Crippen LogP contribution in [0.5, 0.6) is 5.75 Å². The number of ether oxygens (including phenoxy) is 1. The molecule has 0 fully saturated rings. The Balaban J connectivity index is 2.35. The van der Waals surface area contributed by atoms with E-state index in [1.54, 1.807) is 13.2 Å². The van der Waals surface area contributed by atoms with Crippen molar-refractivity contribution in [1.82, 2.24) is 5.32 Å². The third kappa shape index (κ3) is 5.53. The number of sulfonamides is 1. The number of benzene rings is 2. The molecule has 2 aromatic rings. The lowest BCUT2D eigenvalue weighted by Crippen LogP contribution is -2.50. The van der Waals surface area contributed by atoms with Crippen LogP contribution >= 0.6 is 0 Å². The van der Waals surface area contributed by atoms with E-state index in [-0.39, 0.29) is 11.9 Å². The Morgan fingerprint density at radius 1 is 1.03 bits per heavy atom. The van der Waals surface area contributed by atoms with Gasteiger partial charge in [-0.15, -0.1) is 0 Å². The van der Waals surface area contributed by atoms with Gasteiger partial charge in [-0.25, -0.2) is 8.42 Å². The third-order valence-electron chi connectivity index (χ3n) is 5.32. The molecule has 0 spiro atoms. The van der Waals surface area contributed by atoms with Gasteiger partial charge in [0, 0.05) is 0 Å². The zero-order valence-corrected chi connectivity index (χ0v) is 19.4. The zero-order valence-electron chi connectivity index (χ0n) is 18.6. The molecule has 0 radical (unpaired) electrons. The maximum absolute atomic E-state index is 13.2. The van der Waals surface area contributed by atoms with Crippen molar-refractivity contribution in [2.24, 2.45) is 0 Å². The van der Waals surface area contributed by atoms with Crippen LogP contribution in [0.4, 0.5) is 5.69 Å². The molecule has 0 heterocycles. The molecule has 0 bridgehead atoms. The van der Waals surface area contributed by atoms with Gasteiger partial charge in [-0.3, -0.25) is 9.10 Å². The van der Waals surface area contributed by atoms with Crippen LogP contribution in [0.1, 0.15) is 49.4 Å². The quantitative estimate of drug-likeness (QED) is 0.647. The van der Waals surface area contributed by atoms with E-state index in [2.05, 4.69) is 5.32 Å². The van der Waals surface area contributed by atoms with Crippen molar-refractivity contribution in [3.8, 4) is 5.75 Å². The van der Waals surface area contributed by atoms with Crippen LogP contribution in [0.25, 0.3) is 0 Å². The molecule has 7 heteroatoms. The Labute approximate surface area is 180 Å². The summed E-state index contributed by atoms with van der Waals surface area (Å²) in [5.74, 6) is 0.424. The van der Waals surface area contributed by atoms with Gasteiger partial charge in [0.1, 0.15) is 11.8 Å². The predicted octanol–water partition coefficient (Wildman–Crippen LogP) is 4.12. The maximum atomic E-state index is 13.2. The van der Waals surface area contributed by atoms with Gasteiger partial charge in [-0.1, -0.05) is 32.0 Å². The molecule has 1 N–H and O–H groups in total. The number of rotatable bonds is 9. The van der Waals surface area contributed by atoms with E-state index in [0.29, 0.717) is 18.5 Å². The molecule has 30 heavy (non-hydrogen) atoms. The van der Waals surface area contributed by atoms with E-state index in [0.717, 1.165) is 28.7 Å². The van der Waals surface area contributed by atoms with Crippen LogP contribution in [0.15, 0.2) is 42.5 Å². The average Bonchev–Trinajstić information content (AvgIpc) is 2.71. The molecule has 2 atom stereocenters. The molecule has 6 nitrogen and oxygen atoms in total. The number of aryl methyl sites for hydroxylation is 2. The molecule has 1 amide bonds. The number of anilines is 1. The minimum Gasteiger partial charge on any atom is -0.497 e. The minimum atomic E-state index is -3.66. The Morgan fingerprint density at radius 3 is 2.13 bits per heavy atom. The number of hydrogen-bond donors (Lipinski definition) is 1. The first-order valence-electron chi connectivity index (χ1n) is 10.1. The van der Waals surface area contributed by atoms with Crippen LogP contribution < -0.4 is 14.4 Å². The molecule has 0 unspecified atom stereocenters. The first kappa shape index (κ1) is 23.7. The second-order valence-electron chi connectivity index (χ2n) is 7.49. The summed E-state index contributed by atoms with van der Waals surface area (Å²) in [5, 5.41) is 3.03. The molecule has 0 aliphatic carbocycles. The van der Waals surface area contributed by atoms with E-state index in [1.165, 1.54) is 4.31 Å². The molecular formula is C23H32N2O4S. The molecule has 0 aliphatic heterocycles. The van der Waals surface area contributed by atoms with E-state index in [1.807, 2.05) is 64.1 Å². The summed E-state index contributed by atoms with van der Waals surface area (Å²) in [7, 11) is -2.06. The molecule has 0 saturated heterocycles. The molecule has 2 rings (SSSR count). The number of nitrogens with zero attached hydrogens (tertiary/aromatic N) is 1. The highest BCUT2D eigenvalue weighted by molar-refractivity contribution is 7.92. The SMILES string of the molecule is CC[C@@H](NC(=O)[C@H](CC)N(c1ccc(C)c(C)c1)S(C)(=O)=O)c1ccc(OC)cc1. The van der Waals surface area contributed by atoms with Gasteiger partial charge in [0.25, 0.3) is 0 Å². The van der Waals surface area contributed by atoms with Gasteiger partial charge < -0.3 is 10.1 Å². The lowest BCUT2D eigenvalue weighted by atomic mass is 10.0. The highest BCUT2D eigenvalue weighted by atomic mass is 32.2. The summed E-state index contributed by atoms with van der Waals surface area (Å²) in [6, 6.07) is 11.9. The van der Waals surface area contributed by atoms with Crippen LogP contribution in [-0.4, -0.2) is 33.7 Å². The summed E-state index contributed by atoms with van der Waals surface area (Å²) in [6.07, 6.45) is 2.17. The fourth-order valence-corrected chi connectivity index (χ4v) is 4.65. The van der Waals surface area contributed by atoms with Gasteiger partial charge in [-0.2, -0.15) is 0 Å². The van der Waals surface area contributed by atoms with Gasteiger partial charge >= 0.3 is 0 Å². The molecular weight excluding hydrogens is 400 g/mol. The Kier molecular flexibility index (Phi) is 7.89. The Morgan fingerprint density at radius 2 is 1.67 bits per heavy atom. The fourth-order valence-electron chi connectivity index (χ4n) is 3.45. The number of amides is 1. The van der Waals surface area contributed by atoms with Gasteiger partial charge in [-0.05, 0) is 67.6 Å². The second-order valence-corrected chi connectivity index (χ2v) is 9.35. The van der Waals surface area contributed by atoms with E-state index >= 15 is 0 Å². The lowest BCUT2D eigenvalue weighted by Gasteiger charge is -2.32. The molecule has 0 aliphatic rings. The van der Waals surface area contributed by atoms with Crippen LogP contribution in [-0.2, 0) is 14.8 Å². The standard InChI is InChI=1S/C23H32N2O4S/c1-7-21(18-10-13-20(29-5)14-11-18)24-23(26)22(8-2)25(30(6,27)28)19-12-9-16(3)17(4)15-19/h9-15,21-22H,7-8H2,1-6H3,(H,24,26)/t21-,22+/m1/s1. The first-order chi connectivity index (χ1) is 14.1. The largest absolute Gasteiger partial charge is 0.497 e. The van der Waals surface area contributed by atoms with Crippen molar-refractivity contribution >= 4 is 21.6 Å². The highest BCUT2D eigenvalue weighted by Crippen LogP contribution is 2.26. The van der Waals surface area contributed by atoms with Crippen molar-refractivity contribution in [2.75, 3.05) is 17.7 Å². The van der Waals surface area contributed by atoms with Crippen molar-refractivity contribution in [1.29, 1.82) is 0 Å². The summed E-state index contributed by atoms with van der Waals surface area (Å²) in [4.78, 5) is 13.2. The lowest BCUT2D eigenvalue weighted by molar-refractivity contribution is -0.123. The monoisotopic (exact) mass is 432 g/mol. The summed E-state index contributed by atoms with van der Waals surface area (Å²) in [6.45, 7) is 7.69. The van der Waals surface area contributed by atoms with E-state index < -0.39 is 16.1 Å². The number of nitrogens with one attached hydrogen (secondary N) is 1. The minimum absolute atomic E-state index is 0.223. The van der Waals surface area contributed by atoms with Gasteiger partial charge in [0.2, 0.25) is 15.9 Å². The average molecular weight is 433 g/mol. The second kappa shape index (κ2) is 9.98. The van der Waals surface area contributed by atoms with Crippen molar-refractivity contribution in [2.45, 2.75) is 52.6 Å². The third-order valence-corrected chi connectivity index (χ3v) is 6.50. The normalized spacial score (nSPS) is 13.4. The van der Waals surface area contributed by atoms with Crippen molar-refractivity contribution < 1.29 is 17.9 Å². The summed E-state index contributed by atoms with van der Waals surface area (Å²) in [5.41, 5.74) is 3.48. The van der Waals surface area contributed by atoms with Gasteiger partial charge in [0.15, 0.2) is 0 Å². The van der Waals surface area contributed by atoms with Crippen LogP contribution in [0.2, 0.25) is 0 Å². The number of carbonyl (C=O) groups is 1. The van der Waals surface area contributed by atoms with Gasteiger partial charge in [0.05, 0.1) is 25.1 Å². The van der Waals surface area contributed by atoms with Crippen LogP contribution in [0, 0.1) is 13.8 Å².